The van der Waals surface area contributed by atoms with Crippen molar-refractivity contribution in [3.63, 3.8) is 0 Å². The van der Waals surface area contributed by atoms with Gasteiger partial charge in [0, 0.05) is 33.1 Å². The molecule has 1 saturated heterocycles. The van der Waals surface area contributed by atoms with Crippen LogP contribution in [0.4, 0.5) is 0 Å². The van der Waals surface area contributed by atoms with E-state index < -0.39 is 6.10 Å². The number of amides is 2. The second kappa shape index (κ2) is 8.88. The van der Waals surface area contributed by atoms with Crippen molar-refractivity contribution >= 4 is 11.8 Å². The first-order valence-corrected chi connectivity index (χ1v) is 9.23. The van der Waals surface area contributed by atoms with Crippen LogP contribution in [0.25, 0.3) is 0 Å². The van der Waals surface area contributed by atoms with Crippen molar-refractivity contribution in [2.75, 3.05) is 26.2 Å². The second-order valence-electron chi connectivity index (χ2n) is 6.89. The molecule has 1 fully saturated rings. The van der Waals surface area contributed by atoms with Gasteiger partial charge in [-0.2, -0.15) is 0 Å². The average molecular weight is 346 g/mol. The number of carbonyl (C=O) groups is 2. The lowest BCUT2D eigenvalue weighted by Crippen LogP contribution is -2.44. The van der Waals surface area contributed by atoms with Crippen LogP contribution in [-0.2, 0) is 9.59 Å². The van der Waals surface area contributed by atoms with Crippen molar-refractivity contribution in [2.24, 2.45) is 0 Å². The predicted octanol–water partition coefficient (Wildman–Crippen LogP) is 3.05. The van der Waals surface area contributed by atoms with Gasteiger partial charge in [-0.05, 0) is 30.4 Å². The van der Waals surface area contributed by atoms with Gasteiger partial charge in [-0.25, -0.2) is 0 Å². The van der Waals surface area contributed by atoms with Crippen LogP contribution in [-0.4, -0.2) is 53.9 Å². The highest BCUT2D eigenvalue weighted by Crippen LogP contribution is 2.27. The predicted molar refractivity (Wildman–Crippen MR) is 98.7 cm³/mol. The van der Waals surface area contributed by atoms with Gasteiger partial charge in [0.1, 0.15) is 5.75 Å². The van der Waals surface area contributed by atoms with Gasteiger partial charge in [-0.15, -0.1) is 0 Å². The largest absolute Gasteiger partial charge is 0.480 e. The second-order valence-corrected chi connectivity index (χ2v) is 6.89. The van der Waals surface area contributed by atoms with Crippen molar-refractivity contribution in [2.45, 2.75) is 52.6 Å². The molecule has 138 valence electrons. The Hall–Kier alpha value is -2.04. The van der Waals surface area contributed by atoms with Gasteiger partial charge in [0.2, 0.25) is 5.91 Å². The van der Waals surface area contributed by atoms with Gasteiger partial charge < -0.3 is 14.5 Å². The summed E-state index contributed by atoms with van der Waals surface area (Å²) in [4.78, 5) is 28.2. The number of hydrogen-bond donors (Lipinski definition) is 0. The minimum atomic E-state index is -0.483. The van der Waals surface area contributed by atoms with Gasteiger partial charge in [0.25, 0.3) is 5.91 Å². The van der Waals surface area contributed by atoms with E-state index in [0.717, 1.165) is 17.7 Å². The third kappa shape index (κ3) is 4.97. The summed E-state index contributed by atoms with van der Waals surface area (Å²) < 4.78 is 6.11. The van der Waals surface area contributed by atoms with Crippen LogP contribution >= 0.6 is 0 Å². The highest BCUT2D eigenvalue weighted by molar-refractivity contribution is 5.81. The summed E-state index contributed by atoms with van der Waals surface area (Å²) in [5, 5.41) is 0. The number of ether oxygens (including phenoxy) is 1. The molecule has 5 nitrogen and oxygen atoms in total. The molecule has 0 N–H and O–H groups in total. The van der Waals surface area contributed by atoms with Gasteiger partial charge in [-0.3, -0.25) is 9.59 Å². The van der Waals surface area contributed by atoms with Crippen molar-refractivity contribution in [1.29, 1.82) is 0 Å². The first-order valence-electron chi connectivity index (χ1n) is 9.23. The molecule has 0 unspecified atom stereocenters. The Bertz CT molecular complexity index is 600. The molecule has 0 radical (unpaired) electrons. The Labute approximate surface area is 150 Å². The van der Waals surface area contributed by atoms with Crippen LogP contribution in [0.3, 0.4) is 0 Å². The quantitative estimate of drug-likeness (QED) is 0.823. The normalized spacial score (nSPS) is 16.5. The first kappa shape index (κ1) is 19.3. The molecule has 0 saturated carbocycles. The molecular formula is C20H30N2O3. The van der Waals surface area contributed by atoms with Gasteiger partial charge in [-0.1, -0.05) is 39.0 Å². The Balaban J connectivity index is 2.07. The van der Waals surface area contributed by atoms with Crippen molar-refractivity contribution in [1.82, 2.24) is 9.80 Å². The minimum absolute atomic E-state index is 0.0199. The van der Waals surface area contributed by atoms with Crippen LogP contribution in [0, 0.1) is 0 Å². The summed E-state index contributed by atoms with van der Waals surface area (Å²) in [5.41, 5.74) is 1.12. The molecule has 2 rings (SSSR count). The molecule has 1 aliphatic rings. The fraction of sp³-hybridized carbons (Fsp3) is 0.600. The fourth-order valence-corrected chi connectivity index (χ4v) is 3.18. The van der Waals surface area contributed by atoms with E-state index in [1.807, 2.05) is 41.0 Å². The van der Waals surface area contributed by atoms with Crippen molar-refractivity contribution in [3.8, 4) is 5.75 Å². The number of para-hydroxylation sites is 1. The number of carbonyl (C=O) groups excluding carboxylic acids is 2. The maximum atomic E-state index is 12.9. The maximum absolute atomic E-state index is 12.9. The lowest BCUT2D eigenvalue weighted by atomic mass is 10.0. The Morgan fingerprint density at radius 2 is 1.72 bits per heavy atom. The Kier molecular flexibility index (Phi) is 6.85. The molecule has 0 bridgehead atoms. The lowest BCUT2D eigenvalue weighted by molar-refractivity contribution is -0.139. The first-order chi connectivity index (χ1) is 11.9. The van der Waals surface area contributed by atoms with Gasteiger partial charge >= 0.3 is 0 Å². The average Bonchev–Trinajstić information content (AvgIpc) is 2.85. The van der Waals surface area contributed by atoms with Crippen LogP contribution in [0.5, 0.6) is 5.75 Å². The van der Waals surface area contributed by atoms with E-state index in [1.165, 1.54) is 0 Å². The highest BCUT2D eigenvalue weighted by atomic mass is 16.5. The summed E-state index contributed by atoms with van der Waals surface area (Å²) in [6.45, 7) is 10.4. The molecule has 2 amide bonds. The van der Waals surface area contributed by atoms with E-state index >= 15 is 0 Å². The minimum Gasteiger partial charge on any atom is -0.480 e. The zero-order valence-electron chi connectivity index (χ0n) is 15.8. The fourth-order valence-electron chi connectivity index (χ4n) is 3.18. The van der Waals surface area contributed by atoms with Crippen LogP contribution < -0.4 is 4.74 Å². The van der Waals surface area contributed by atoms with Crippen molar-refractivity contribution in [3.05, 3.63) is 29.8 Å². The number of benzene rings is 1. The molecule has 5 heteroatoms. The van der Waals surface area contributed by atoms with Crippen LogP contribution in [0.1, 0.15) is 52.0 Å². The molecule has 1 heterocycles. The summed E-state index contributed by atoms with van der Waals surface area (Å²) in [7, 11) is 0. The van der Waals surface area contributed by atoms with Crippen LogP contribution in [0.2, 0.25) is 0 Å². The zero-order chi connectivity index (χ0) is 18.4. The molecule has 1 aromatic carbocycles. The molecule has 1 aromatic rings. The molecule has 25 heavy (non-hydrogen) atoms. The topological polar surface area (TPSA) is 49.9 Å². The van der Waals surface area contributed by atoms with E-state index in [1.54, 1.807) is 6.92 Å². The Morgan fingerprint density at radius 3 is 2.36 bits per heavy atom. The summed E-state index contributed by atoms with van der Waals surface area (Å²) >= 11 is 0. The summed E-state index contributed by atoms with van der Waals surface area (Å²) in [6, 6.07) is 7.92. The van der Waals surface area contributed by atoms with Gasteiger partial charge in [0.15, 0.2) is 6.10 Å². The zero-order valence-corrected chi connectivity index (χ0v) is 15.8. The number of rotatable bonds is 5. The summed E-state index contributed by atoms with van der Waals surface area (Å²) in [6.07, 6.45) is 0.950. The monoisotopic (exact) mass is 346 g/mol. The number of hydrogen-bond acceptors (Lipinski definition) is 3. The van der Waals surface area contributed by atoms with E-state index in [0.29, 0.717) is 38.5 Å². The number of nitrogens with zero attached hydrogens (tertiary/aromatic N) is 2. The molecule has 1 aliphatic heterocycles. The SMILES string of the molecule is CC[C@@H](Oc1ccccc1C(C)C)C(=O)N1CCCN(C(C)=O)CC1. The molecular weight excluding hydrogens is 316 g/mol. The van der Waals surface area contributed by atoms with Crippen molar-refractivity contribution < 1.29 is 14.3 Å². The third-order valence-electron chi connectivity index (χ3n) is 4.71. The molecule has 1 atom stereocenters. The smallest absolute Gasteiger partial charge is 0.263 e. The van der Waals surface area contributed by atoms with E-state index in [-0.39, 0.29) is 11.8 Å². The standard InChI is InChI=1S/C20H30N2O3/c1-5-18(25-19-10-7-6-9-17(19)15(2)3)20(24)22-12-8-11-21(13-14-22)16(4)23/h6-7,9-10,15,18H,5,8,11-14H2,1-4H3/t18-/m1/s1. The van der Waals surface area contributed by atoms with E-state index in [2.05, 4.69) is 13.8 Å². The Morgan fingerprint density at radius 1 is 1.08 bits per heavy atom. The summed E-state index contributed by atoms with van der Waals surface area (Å²) in [5.74, 6) is 1.22. The molecule has 0 spiro atoms. The van der Waals surface area contributed by atoms with Crippen LogP contribution in [0.15, 0.2) is 24.3 Å². The molecule has 0 aliphatic carbocycles. The third-order valence-corrected chi connectivity index (χ3v) is 4.71. The molecule has 0 aromatic heterocycles. The highest BCUT2D eigenvalue weighted by Gasteiger charge is 2.27. The maximum Gasteiger partial charge on any atom is 0.263 e. The van der Waals surface area contributed by atoms with E-state index in [9.17, 15) is 9.59 Å². The van der Waals surface area contributed by atoms with Gasteiger partial charge in [0.05, 0.1) is 0 Å². The van der Waals surface area contributed by atoms with E-state index in [4.69, 9.17) is 4.74 Å². The lowest BCUT2D eigenvalue weighted by Gasteiger charge is -2.27.